The molecule has 0 aromatic heterocycles. The highest BCUT2D eigenvalue weighted by Gasteiger charge is 2.29. The predicted molar refractivity (Wildman–Crippen MR) is 120 cm³/mol. The number of carbonyl (C=O) groups excluding carboxylic acids is 2. The van der Waals surface area contributed by atoms with Crippen molar-refractivity contribution < 1.29 is 27.5 Å². The van der Waals surface area contributed by atoms with Gasteiger partial charge in [-0.1, -0.05) is 12.8 Å². The Balaban J connectivity index is 1.86. The molecule has 2 saturated heterocycles. The van der Waals surface area contributed by atoms with Crippen molar-refractivity contribution in [2.24, 2.45) is 0 Å². The van der Waals surface area contributed by atoms with E-state index >= 15 is 0 Å². The molecule has 10 heteroatoms. The van der Waals surface area contributed by atoms with E-state index < -0.39 is 22.1 Å². The third kappa shape index (κ3) is 5.60. The normalized spacial score (nSPS) is 18.9. The zero-order chi connectivity index (χ0) is 23.3. The van der Waals surface area contributed by atoms with Gasteiger partial charge in [0, 0.05) is 40.3 Å². The summed E-state index contributed by atoms with van der Waals surface area (Å²) in [5.41, 5.74) is 0.704. The number of hydrogen-bond acceptors (Lipinski definition) is 7. The molecule has 0 saturated carbocycles. The second kappa shape index (κ2) is 10.6. The summed E-state index contributed by atoms with van der Waals surface area (Å²) in [6.07, 6.45) is 3.12. The molecule has 1 aromatic carbocycles. The second-order valence-electron chi connectivity index (χ2n) is 8.35. The maximum atomic E-state index is 13.2. The van der Waals surface area contributed by atoms with Crippen molar-refractivity contribution in [2.75, 3.05) is 58.4 Å². The van der Waals surface area contributed by atoms with Crippen molar-refractivity contribution >= 4 is 27.6 Å². The monoisotopic (exact) mass is 467 g/mol. The topological polar surface area (TPSA) is 96.5 Å². The van der Waals surface area contributed by atoms with E-state index in [2.05, 4.69) is 0 Å². The van der Waals surface area contributed by atoms with Crippen LogP contribution in [0, 0.1) is 0 Å². The number of esters is 1. The van der Waals surface area contributed by atoms with Gasteiger partial charge in [0.05, 0.1) is 29.4 Å². The Morgan fingerprint density at radius 1 is 1.03 bits per heavy atom. The van der Waals surface area contributed by atoms with Crippen LogP contribution in [0.2, 0.25) is 0 Å². The molecule has 2 aliphatic heterocycles. The summed E-state index contributed by atoms with van der Waals surface area (Å²) in [6.45, 7) is 5.06. The molecule has 2 aliphatic rings. The third-order valence-electron chi connectivity index (χ3n) is 5.87. The fourth-order valence-corrected chi connectivity index (χ4v) is 4.88. The molecule has 0 aliphatic carbocycles. The first-order valence-electron chi connectivity index (χ1n) is 11.1. The highest BCUT2D eigenvalue weighted by atomic mass is 32.2. The zero-order valence-electron chi connectivity index (χ0n) is 19.1. The van der Waals surface area contributed by atoms with Gasteiger partial charge >= 0.3 is 5.97 Å². The molecule has 0 unspecified atom stereocenters. The van der Waals surface area contributed by atoms with E-state index in [9.17, 15) is 18.0 Å². The van der Waals surface area contributed by atoms with Gasteiger partial charge in [0.15, 0.2) is 6.10 Å². The van der Waals surface area contributed by atoms with Crippen LogP contribution < -0.4 is 4.90 Å². The molecule has 0 radical (unpaired) electrons. The largest absolute Gasteiger partial charge is 0.449 e. The van der Waals surface area contributed by atoms with Crippen LogP contribution in [0.3, 0.4) is 0 Å². The number of anilines is 1. The molecule has 1 atom stereocenters. The van der Waals surface area contributed by atoms with Crippen LogP contribution in [0.25, 0.3) is 0 Å². The van der Waals surface area contributed by atoms with Gasteiger partial charge in [-0.15, -0.1) is 0 Å². The van der Waals surface area contributed by atoms with Crippen molar-refractivity contribution in [3.05, 3.63) is 23.8 Å². The molecule has 1 aromatic rings. The lowest BCUT2D eigenvalue weighted by Gasteiger charge is -2.31. The van der Waals surface area contributed by atoms with E-state index in [-0.39, 0.29) is 16.4 Å². The maximum absolute atomic E-state index is 13.2. The first-order valence-corrected chi connectivity index (χ1v) is 12.5. The molecule has 0 N–H and O–H groups in total. The van der Waals surface area contributed by atoms with Crippen LogP contribution in [0.5, 0.6) is 0 Å². The van der Waals surface area contributed by atoms with Crippen LogP contribution in [0.4, 0.5) is 5.69 Å². The Bertz CT molecular complexity index is 920. The van der Waals surface area contributed by atoms with Crippen molar-refractivity contribution in [2.45, 2.75) is 43.6 Å². The Morgan fingerprint density at radius 2 is 1.66 bits per heavy atom. The highest BCUT2D eigenvalue weighted by molar-refractivity contribution is 7.89. The number of rotatable bonds is 6. The lowest BCUT2D eigenvalue weighted by Crippen LogP contribution is -2.41. The quantitative estimate of drug-likeness (QED) is 0.588. The molecule has 32 heavy (non-hydrogen) atoms. The van der Waals surface area contributed by atoms with Crippen LogP contribution in [-0.2, 0) is 24.3 Å². The van der Waals surface area contributed by atoms with E-state index in [0.717, 1.165) is 30.0 Å². The smallest absolute Gasteiger partial charge is 0.341 e. The molecule has 1 amide bonds. The average Bonchev–Trinajstić information content (AvgIpc) is 3.08. The summed E-state index contributed by atoms with van der Waals surface area (Å²) < 4.78 is 37.3. The first kappa shape index (κ1) is 24.5. The fraction of sp³-hybridized carbons (Fsp3) is 0.636. The Labute approximate surface area is 190 Å². The standard InChI is InChI=1S/C22H33N3O6S/c1-17(21(26)25-10-6-4-5-7-11-25)31-22(27)19-16-18(32(28,29)23(2)3)8-9-20(19)24-12-14-30-15-13-24/h8-9,16-17H,4-7,10-15H2,1-3H3/t17-/m1/s1. The minimum atomic E-state index is -3.74. The summed E-state index contributed by atoms with van der Waals surface area (Å²) in [6, 6.07) is 4.45. The number of morpholine rings is 1. The van der Waals surface area contributed by atoms with Crippen LogP contribution >= 0.6 is 0 Å². The fourth-order valence-electron chi connectivity index (χ4n) is 3.95. The third-order valence-corrected chi connectivity index (χ3v) is 7.68. The van der Waals surface area contributed by atoms with Gasteiger partial charge in [-0.2, -0.15) is 0 Å². The molecule has 9 nitrogen and oxygen atoms in total. The van der Waals surface area contributed by atoms with Gasteiger partial charge in [0.1, 0.15) is 0 Å². The van der Waals surface area contributed by atoms with Crippen LogP contribution in [-0.4, -0.2) is 89.1 Å². The Morgan fingerprint density at radius 3 is 2.25 bits per heavy atom. The number of likely N-dealkylation sites (tertiary alicyclic amines) is 1. The average molecular weight is 468 g/mol. The van der Waals surface area contributed by atoms with Crippen LogP contribution in [0.1, 0.15) is 43.0 Å². The van der Waals surface area contributed by atoms with E-state index in [4.69, 9.17) is 9.47 Å². The number of hydrogen-bond donors (Lipinski definition) is 0. The number of carbonyl (C=O) groups is 2. The Kier molecular flexibility index (Phi) is 8.13. The lowest BCUT2D eigenvalue weighted by atomic mass is 10.1. The number of amides is 1. The SMILES string of the molecule is C[C@@H](OC(=O)c1cc(S(=O)(=O)N(C)C)ccc1N1CCOCC1)C(=O)N1CCCCCC1. The molecular weight excluding hydrogens is 434 g/mol. The molecule has 0 bridgehead atoms. The minimum Gasteiger partial charge on any atom is -0.449 e. The summed E-state index contributed by atoms with van der Waals surface area (Å²) >= 11 is 0. The molecule has 0 spiro atoms. The highest BCUT2D eigenvalue weighted by Crippen LogP contribution is 2.27. The van der Waals surface area contributed by atoms with E-state index in [1.807, 2.05) is 4.90 Å². The molecule has 3 rings (SSSR count). The number of nitrogens with zero attached hydrogens (tertiary/aromatic N) is 3. The van der Waals surface area contributed by atoms with Gasteiger partial charge in [-0.05, 0) is 38.0 Å². The van der Waals surface area contributed by atoms with E-state index in [1.165, 1.54) is 26.2 Å². The van der Waals surface area contributed by atoms with Crippen molar-refractivity contribution in [3.63, 3.8) is 0 Å². The van der Waals surface area contributed by atoms with E-state index in [1.54, 1.807) is 17.9 Å². The lowest BCUT2D eigenvalue weighted by molar-refractivity contribution is -0.139. The van der Waals surface area contributed by atoms with Gasteiger partial charge in [-0.25, -0.2) is 17.5 Å². The second-order valence-corrected chi connectivity index (χ2v) is 10.5. The number of sulfonamides is 1. The molecule has 178 valence electrons. The summed E-state index contributed by atoms with van der Waals surface area (Å²) in [4.78, 5) is 29.7. The first-order chi connectivity index (χ1) is 15.2. The van der Waals surface area contributed by atoms with Crippen molar-refractivity contribution in [3.8, 4) is 0 Å². The van der Waals surface area contributed by atoms with Crippen molar-refractivity contribution in [1.29, 1.82) is 0 Å². The van der Waals surface area contributed by atoms with Gasteiger partial charge < -0.3 is 19.3 Å². The van der Waals surface area contributed by atoms with Gasteiger partial charge in [0.2, 0.25) is 10.0 Å². The Hall–Kier alpha value is -2.17. The summed E-state index contributed by atoms with van der Waals surface area (Å²) in [7, 11) is -0.868. The predicted octanol–water partition coefficient (Wildman–Crippen LogP) is 1.72. The molecule has 2 heterocycles. The van der Waals surface area contributed by atoms with Gasteiger partial charge in [0.25, 0.3) is 5.91 Å². The zero-order valence-corrected chi connectivity index (χ0v) is 19.9. The van der Waals surface area contributed by atoms with Crippen molar-refractivity contribution in [1.82, 2.24) is 9.21 Å². The van der Waals surface area contributed by atoms with Crippen LogP contribution in [0.15, 0.2) is 23.1 Å². The minimum absolute atomic E-state index is 0.00189. The number of benzene rings is 1. The maximum Gasteiger partial charge on any atom is 0.341 e. The molecule has 2 fully saturated rings. The van der Waals surface area contributed by atoms with Gasteiger partial charge in [-0.3, -0.25) is 4.79 Å². The number of ether oxygens (including phenoxy) is 2. The summed E-state index contributed by atoms with van der Waals surface area (Å²) in [5.74, 6) is -0.928. The summed E-state index contributed by atoms with van der Waals surface area (Å²) in [5, 5.41) is 0. The van der Waals surface area contributed by atoms with E-state index in [0.29, 0.717) is 45.1 Å². The molecular formula is C22H33N3O6S.